The Balaban J connectivity index is 1.30. The Kier molecular flexibility index (Phi) is 6.92. The maximum Gasteiger partial charge on any atom is 0.268 e. The number of piperazine rings is 1. The first kappa shape index (κ1) is 24.4. The van der Waals surface area contributed by atoms with Crippen LogP contribution in [0, 0.1) is 0 Å². The monoisotopic (exact) mass is 508 g/mol. The number of aromatic nitrogens is 1. The third-order valence-corrected chi connectivity index (χ3v) is 7.00. The Morgan fingerprint density at radius 1 is 0.974 bits per heavy atom. The minimum absolute atomic E-state index is 0.380. The summed E-state index contributed by atoms with van der Waals surface area (Å²) in [5, 5.41) is 6.76. The van der Waals surface area contributed by atoms with Gasteiger partial charge in [0.05, 0.1) is 36.9 Å². The minimum Gasteiger partial charge on any atom is -0.458 e. The molecule has 6 rings (SSSR count). The smallest absolute Gasteiger partial charge is 0.268 e. The molecule has 4 heterocycles. The van der Waals surface area contributed by atoms with Gasteiger partial charge in [0.15, 0.2) is 5.76 Å². The van der Waals surface area contributed by atoms with E-state index in [0.717, 1.165) is 72.4 Å². The molecule has 2 aromatic carbocycles. The molecule has 1 saturated heterocycles. The number of para-hydroxylation sites is 1. The predicted octanol–water partition coefficient (Wildman–Crippen LogP) is 4.98. The van der Waals surface area contributed by atoms with Crippen molar-refractivity contribution in [1.29, 1.82) is 0 Å². The molecule has 2 N–H and O–H groups in total. The van der Waals surface area contributed by atoms with Crippen LogP contribution in [0.4, 0.5) is 11.4 Å². The number of furan rings is 1. The first-order valence-electron chi connectivity index (χ1n) is 13.0. The topological polar surface area (TPSA) is 78.2 Å². The number of ether oxygens (including phenoxy) is 1. The van der Waals surface area contributed by atoms with Crippen molar-refractivity contribution in [3.8, 4) is 11.5 Å². The molecule has 0 bridgehead atoms. The fraction of sp³-hybridized carbons (Fsp3) is 0.267. The van der Waals surface area contributed by atoms with Gasteiger partial charge in [0, 0.05) is 31.9 Å². The van der Waals surface area contributed by atoms with Crippen LogP contribution in [0.25, 0.3) is 11.5 Å². The molecule has 38 heavy (non-hydrogen) atoms. The van der Waals surface area contributed by atoms with Crippen LogP contribution < -0.4 is 10.6 Å². The highest BCUT2D eigenvalue weighted by atomic mass is 16.5. The fourth-order valence-electron chi connectivity index (χ4n) is 4.80. The molecular weight excluding hydrogens is 476 g/mol. The lowest BCUT2D eigenvalue weighted by molar-refractivity contribution is -0.0335. The van der Waals surface area contributed by atoms with E-state index in [2.05, 4.69) is 27.5 Å². The molecule has 0 aliphatic carbocycles. The molecule has 2 aromatic heterocycles. The lowest BCUT2D eigenvalue weighted by Gasteiger charge is -2.35. The van der Waals surface area contributed by atoms with Crippen molar-refractivity contribution in [3.05, 3.63) is 102 Å². The molecule has 1 fully saturated rings. The predicted molar refractivity (Wildman–Crippen MR) is 150 cm³/mol. The van der Waals surface area contributed by atoms with Crippen LogP contribution in [-0.4, -0.2) is 54.3 Å². The summed E-state index contributed by atoms with van der Waals surface area (Å²) in [6.07, 6.45) is 3.47. The second-order valence-electron chi connectivity index (χ2n) is 9.77. The zero-order valence-electron chi connectivity index (χ0n) is 21.5. The number of aliphatic imine (C=N–C) groups is 1. The third-order valence-electron chi connectivity index (χ3n) is 7.00. The fourth-order valence-corrected chi connectivity index (χ4v) is 4.80. The van der Waals surface area contributed by atoms with E-state index in [-0.39, 0.29) is 0 Å². The molecule has 0 saturated carbocycles. The number of pyridine rings is 1. The van der Waals surface area contributed by atoms with E-state index in [0.29, 0.717) is 6.61 Å². The van der Waals surface area contributed by atoms with Gasteiger partial charge in [-0.05, 0) is 42.9 Å². The second-order valence-corrected chi connectivity index (χ2v) is 9.77. The molecule has 2 aliphatic rings. The highest BCUT2D eigenvalue weighted by molar-refractivity contribution is 5.82. The van der Waals surface area contributed by atoms with Crippen LogP contribution in [0.5, 0.6) is 0 Å². The summed E-state index contributed by atoms with van der Waals surface area (Å²) in [5.41, 5.74) is 4.35. The summed E-state index contributed by atoms with van der Waals surface area (Å²) in [6, 6.07) is 26.1. The van der Waals surface area contributed by atoms with E-state index in [1.807, 2.05) is 85.1 Å². The largest absolute Gasteiger partial charge is 0.458 e. The summed E-state index contributed by atoms with van der Waals surface area (Å²) in [5.74, 6) is 0.516. The van der Waals surface area contributed by atoms with Crippen LogP contribution in [0.2, 0.25) is 0 Å². The van der Waals surface area contributed by atoms with Gasteiger partial charge in [-0.3, -0.25) is 9.88 Å². The van der Waals surface area contributed by atoms with Crippen LogP contribution in [0.1, 0.15) is 16.9 Å². The van der Waals surface area contributed by atoms with Crippen LogP contribution in [0.3, 0.4) is 0 Å². The van der Waals surface area contributed by atoms with Gasteiger partial charge < -0.3 is 24.7 Å². The number of likely N-dealkylation sites (N-methyl/N-ethyl adjacent to an activating group) is 1. The van der Waals surface area contributed by atoms with Crippen molar-refractivity contribution in [1.82, 2.24) is 14.8 Å². The Bertz CT molecular complexity index is 1380. The molecule has 2 aliphatic heterocycles. The van der Waals surface area contributed by atoms with Crippen molar-refractivity contribution in [2.45, 2.75) is 19.0 Å². The first-order chi connectivity index (χ1) is 18.7. The van der Waals surface area contributed by atoms with Crippen LogP contribution >= 0.6 is 0 Å². The van der Waals surface area contributed by atoms with Gasteiger partial charge in [-0.1, -0.05) is 48.5 Å². The lowest BCUT2D eigenvalue weighted by Crippen LogP contribution is -2.43. The van der Waals surface area contributed by atoms with E-state index in [9.17, 15) is 0 Å². The number of hydrogen-bond acceptors (Lipinski definition) is 8. The van der Waals surface area contributed by atoms with E-state index in [1.54, 1.807) is 6.34 Å². The van der Waals surface area contributed by atoms with Crippen LogP contribution in [0.15, 0.2) is 94.5 Å². The second kappa shape index (κ2) is 10.8. The Hall–Kier alpha value is -3.98. The third kappa shape index (κ3) is 5.33. The number of rotatable bonds is 8. The number of fused-ring (bicyclic) bond motifs is 1. The number of nitrogens with zero attached hydrogens (tertiary/aromatic N) is 4. The molecule has 8 nitrogen and oxygen atoms in total. The lowest BCUT2D eigenvalue weighted by atomic mass is 10.1. The van der Waals surface area contributed by atoms with Gasteiger partial charge in [0.25, 0.3) is 5.85 Å². The standard InChI is InChI=1S/C30H32N6O2/c1-35-14-16-36(17-15-35)20-25-12-13-29(38-25)27-18-26-28(19-31-27)32-22-33-30(26,34-24-10-6-3-7-11-24)37-21-23-8-4-2-5-9-23/h2-13,18-19,22,34H,14-17,20-21H2,1H3,(H,32,33). The number of hydrogen-bond donors (Lipinski definition) is 2. The van der Waals surface area contributed by atoms with E-state index in [1.165, 1.54) is 0 Å². The summed E-state index contributed by atoms with van der Waals surface area (Å²) in [7, 11) is 2.17. The Morgan fingerprint density at radius 2 is 1.74 bits per heavy atom. The molecular formula is C30H32N6O2. The Labute approximate surface area is 223 Å². The molecule has 0 spiro atoms. The average molecular weight is 509 g/mol. The van der Waals surface area contributed by atoms with Crippen molar-refractivity contribution in [3.63, 3.8) is 0 Å². The normalized spacial score (nSPS) is 19.6. The van der Waals surface area contributed by atoms with Crippen molar-refractivity contribution in [2.75, 3.05) is 43.9 Å². The Morgan fingerprint density at radius 3 is 2.53 bits per heavy atom. The van der Waals surface area contributed by atoms with Gasteiger partial charge in [0.1, 0.15) is 11.5 Å². The van der Waals surface area contributed by atoms with Gasteiger partial charge in [0.2, 0.25) is 0 Å². The number of nitrogens with one attached hydrogen (secondary N) is 2. The minimum atomic E-state index is -1.15. The highest BCUT2D eigenvalue weighted by Crippen LogP contribution is 2.39. The molecule has 0 amide bonds. The maximum absolute atomic E-state index is 6.57. The van der Waals surface area contributed by atoms with Gasteiger partial charge in [-0.25, -0.2) is 4.99 Å². The van der Waals surface area contributed by atoms with Gasteiger partial charge >= 0.3 is 0 Å². The average Bonchev–Trinajstić information content (AvgIpc) is 3.43. The quantitative estimate of drug-likeness (QED) is 0.325. The van der Waals surface area contributed by atoms with Gasteiger partial charge in [-0.15, -0.1) is 0 Å². The highest BCUT2D eigenvalue weighted by Gasteiger charge is 2.38. The maximum atomic E-state index is 6.57. The molecule has 0 radical (unpaired) electrons. The van der Waals surface area contributed by atoms with E-state index in [4.69, 9.17) is 19.1 Å². The van der Waals surface area contributed by atoms with Crippen molar-refractivity contribution >= 4 is 17.7 Å². The molecule has 4 aromatic rings. The molecule has 1 atom stereocenters. The number of benzene rings is 2. The van der Waals surface area contributed by atoms with E-state index < -0.39 is 5.85 Å². The molecule has 194 valence electrons. The van der Waals surface area contributed by atoms with Crippen LogP contribution in [-0.2, 0) is 23.7 Å². The van der Waals surface area contributed by atoms with E-state index >= 15 is 0 Å². The van der Waals surface area contributed by atoms with Crippen molar-refractivity contribution in [2.24, 2.45) is 4.99 Å². The number of anilines is 2. The first-order valence-corrected chi connectivity index (χ1v) is 13.0. The summed E-state index contributed by atoms with van der Waals surface area (Å²) < 4.78 is 12.8. The summed E-state index contributed by atoms with van der Waals surface area (Å²) in [4.78, 5) is 14.3. The summed E-state index contributed by atoms with van der Waals surface area (Å²) in [6.45, 7) is 5.41. The van der Waals surface area contributed by atoms with Crippen molar-refractivity contribution < 1.29 is 9.15 Å². The SMILES string of the molecule is CN1CCN(Cc2ccc(-c3cc4c(cn3)NC=NC4(Nc3ccccc3)OCc3ccccc3)o2)CC1. The van der Waals surface area contributed by atoms with Gasteiger partial charge in [-0.2, -0.15) is 0 Å². The zero-order valence-corrected chi connectivity index (χ0v) is 21.5. The molecule has 8 heteroatoms. The summed E-state index contributed by atoms with van der Waals surface area (Å²) >= 11 is 0. The zero-order chi connectivity index (χ0) is 25.8. The molecule has 1 unspecified atom stereocenters.